The van der Waals surface area contributed by atoms with Crippen molar-refractivity contribution in [2.75, 3.05) is 0 Å². The van der Waals surface area contributed by atoms with Gasteiger partial charge in [0.2, 0.25) is 0 Å². The van der Waals surface area contributed by atoms with E-state index in [2.05, 4.69) is 21.7 Å². The van der Waals surface area contributed by atoms with E-state index in [0.29, 0.717) is 18.4 Å². The third kappa shape index (κ3) is 3.37. The number of aryl methyl sites for hydroxylation is 1. The molecule has 0 spiro atoms. The Morgan fingerprint density at radius 1 is 1.28 bits per heavy atom. The summed E-state index contributed by atoms with van der Waals surface area (Å²) in [6, 6.07) is 7.10. The summed E-state index contributed by atoms with van der Waals surface area (Å²) in [5.74, 6) is 0. The van der Waals surface area contributed by atoms with Gasteiger partial charge in [-0.2, -0.15) is 18.4 Å². The number of hydrogen-bond donors (Lipinski definition) is 1. The number of nitrogens with zero attached hydrogens (tertiary/aromatic N) is 4. The first kappa shape index (κ1) is 17.4. The standard InChI is InChI=1S/C17H18F3N5/c1-11-7-16(10-21,8-14(22-11)15-9-25(2)24-23-15)12-3-5-13(6-4-12)17(18,19)20/h3-6,9,11,14,22H,7-8H2,1-2H3/t11-,14-,16?/m0/s1. The average Bonchev–Trinajstić information content (AvgIpc) is 3.00. The summed E-state index contributed by atoms with van der Waals surface area (Å²) in [5.41, 5.74) is -0.251. The lowest BCUT2D eigenvalue weighted by atomic mass is 9.69. The SMILES string of the molecule is C[C@H]1CC(C#N)(c2ccc(C(F)(F)F)cc2)C[C@@H](c2cn(C)nn2)N1. The van der Waals surface area contributed by atoms with Crippen LogP contribution < -0.4 is 5.32 Å². The second-order valence-corrected chi connectivity index (χ2v) is 6.61. The van der Waals surface area contributed by atoms with Crippen LogP contribution in [0.25, 0.3) is 0 Å². The van der Waals surface area contributed by atoms with Gasteiger partial charge in [-0.1, -0.05) is 17.3 Å². The summed E-state index contributed by atoms with van der Waals surface area (Å²) in [5, 5.41) is 21.3. The zero-order valence-electron chi connectivity index (χ0n) is 13.9. The maximum atomic E-state index is 12.8. The molecular weight excluding hydrogens is 331 g/mol. The minimum absolute atomic E-state index is 0.0164. The third-order valence-electron chi connectivity index (χ3n) is 4.65. The number of nitriles is 1. The summed E-state index contributed by atoms with van der Waals surface area (Å²) >= 11 is 0. The zero-order chi connectivity index (χ0) is 18.2. The van der Waals surface area contributed by atoms with Crippen LogP contribution in [0, 0.1) is 11.3 Å². The van der Waals surface area contributed by atoms with Crippen LogP contribution in [-0.2, 0) is 18.6 Å². The first-order valence-electron chi connectivity index (χ1n) is 7.95. The molecule has 1 N–H and O–H groups in total. The Balaban J connectivity index is 1.94. The summed E-state index contributed by atoms with van der Waals surface area (Å²) in [7, 11) is 1.76. The summed E-state index contributed by atoms with van der Waals surface area (Å²) in [4.78, 5) is 0. The Hall–Kier alpha value is -2.40. The molecule has 1 fully saturated rings. The van der Waals surface area contributed by atoms with E-state index in [1.807, 2.05) is 6.92 Å². The van der Waals surface area contributed by atoms with E-state index in [1.165, 1.54) is 12.1 Å². The highest BCUT2D eigenvalue weighted by Crippen LogP contribution is 2.42. The number of hydrogen-bond acceptors (Lipinski definition) is 4. The fourth-order valence-electron chi connectivity index (χ4n) is 3.50. The van der Waals surface area contributed by atoms with Gasteiger partial charge in [0, 0.05) is 19.3 Å². The molecule has 0 amide bonds. The van der Waals surface area contributed by atoms with Crippen LogP contribution in [0.1, 0.15) is 42.6 Å². The minimum Gasteiger partial charge on any atom is -0.306 e. The van der Waals surface area contributed by atoms with E-state index in [1.54, 1.807) is 17.9 Å². The van der Waals surface area contributed by atoms with Crippen LogP contribution in [-0.4, -0.2) is 21.0 Å². The van der Waals surface area contributed by atoms with Crippen molar-refractivity contribution < 1.29 is 13.2 Å². The van der Waals surface area contributed by atoms with Crippen LogP contribution in [0.2, 0.25) is 0 Å². The number of alkyl halides is 3. The summed E-state index contributed by atoms with van der Waals surface area (Å²) in [6.45, 7) is 1.96. The molecule has 5 nitrogen and oxygen atoms in total. The monoisotopic (exact) mass is 349 g/mol. The summed E-state index contributed by atoms with van der Waals surface area (Å²) < 4.78 is 40.0. The van der Waals surface area contributed by atoms with Crippen molar-refractivity contribution >= 4 is 0 Å². The lowest BCUT2D eigenvalue weighted by Gasteiger charge is -2.40. The number of benzene rings is 1. The number of halogens is 3. The van der Waals surface area contributed by atoms with Crippen molar-refractivity contribution in [3.05, 3.63) is 47.3 Å². The molecule has 1 aliphatic rings. The molecule has 132 valence electrons. The predicted molar refractivity (Wildman–Crippen MR) is 84.3 cm³/mol. The van der Waals surface area contributed by atoms with E-state index < -0.39 is 17.2 Å². The van der Waals surface area contributed by atoms with Crippen molar-refractivity contribution in [1.82, 2.24) is 20.3 Å². The van der Waals surface area contributed by atoms with Crippen LogP contribution in [0.5, 0.6) is 0 Å². The lowest BCUT2D eigenvalue weighted by molar-refractivity contribution is -0.137. The Kier molecular flexibility index (Phi) is 4.29. The molecule has 8 heteroatoms. The number of piperidine rings is 1. The third-order valence-corrected chi connectivity index (χ3v) is 4.65. The van der Waals surface area contributed by atoms with Gasteiger partial charge < -0.3 is 5.32 Å². The second-order valence-electron chi connectivity index (χ2n) is 6.61. The van der Waals surface area contributed by atoms with Gasteiger partial charge in [-0.25, -0.2) is 0 Å². The Morgan fingerprint density at radius 2 is 1.96 bits per heavy atom. The van der Waals surface area contributed by atoms with Gasteiger partial charge in [0.15, 0.2) is 0 Å². The molecule has 1 aromatic heterocycles. The number of nitrogens with one attached hydrogen (secondary N) is 1. The van der Waals surface area contributed by atoms with Crippen LogP contribution in [0.4, 0.5) is 13.2 Å². The molecule has 0 bridgehead atoms. The quantitative estimate of drug-likeness (QED) is 0.905. The van der Waals surface area contributed by atoms with E-state index in [0.717, 1.165) is 17.8 Å². The van der Waals surface area contributed by atoms with Gasteiger partial charge in [0.1, 0.15) is 0 Å². The van der Waals surface area contributed by atoms with Gasteiger partial charge in [0.05, 0.1) is 28.8 Å². The molecule has 0 radical (unpaired) electrons. The molecule has 2 aromatic rings. The van der Waals surface area contributed by atoms with Crippen LogP contribution in [0.3, 0.4) is 0 Å². The molecule has 1 saturated heterocycles. The van der Waals surface area contributed by atoms with Crippen molar-refractivity contribution in [3.8, 4) is 6.07 Å². The van der Waals surface area contributed by atoms with Gasteiger partial charge in [-0.3, -0.25) is 4.68 Å². The minimum atomic E-state index is -4.39. The van der Waals surface area contributed by atoms with Gasteiger partial charge in [-0.15, -0.1) is 5.10 Å². The molecule has 3 atom stereocenters. The first-order chi connectivity index (χ1) is 11.7. The molecule has 1 unspecified atom stereocenters. The average molecular weight is 349 g/mol. The lowest BCUT2D eigenvalue weighted by Crippen LogP contribution is -2.46. The van der Waals surface area contributed by atoms with Crippen molar-refractivity contribution in [1.29, 1.82) is 5.26 Å². The largest absolute Gasteiger partial charge is 0.416 e. The van der Waals surface area contributed by atoms with E-state index in [4.69, 9.17) is 0 Å². The van der Waals surface area contributed by atoms with Gasteiger partial charge in [-0.05, 0) is 37.5 Å². The molecule has 2 heterocycles. The van der Waals surface area contributed by atoms with Crippen LogP contribution >= 0.6 is 0 Å². The molecule has 3 rings (SSSR count). The summed E-state index contributed by atoms with van der Waals surface area (Å²) in [6.07, 6.45) is -1.66. The number of aromatic nitrogens is 3. The van der Waals surface area contributed by atoms with Crippen molar-refractivity contribution in [2.45, 2.75) is 43.4 Å². The fourth-order valence-corrected chi connectivity index (χ4v) is 3.50. The molecule has 1 aliphatic heterocycles. The Bertz CT molecular complexity index is 790. The Labute approximate surface area is 143 Å². The highest BCUT2D eigenvalue weighted by Gasteiger charge is 2.42. The molecule has 1 aromatic carbocycles. The highest BCUT2D eigenvalue weighted by molar-refractivity contribution is 5.37. The second kappa shape index (κ2) is 6.15. The smallest absolute Gasteiger partial charge is 0.306 e. The van der Waals surface area contributed by atoms with Crippen molar-refractivity contribution in [3.63, 3.8) is 0 Å². The van der Waals surface area contributed by atoms with Crippen LogP contribution in [0.15, 0.2) is 30.5 Å². The molecule has 25 heavy (non-hydrogen) atoms. The van der Waals surface area contributed by atoms with Gasteiger partial charge >= 0.3 is 6.18 Å². The fraction of sp³-hybridized carbons (Fsp3) is 0.471. The van der Waals surface area contributed by atoms with Crippen molar-refractivity contribution in [2.24, 2.45) is 7.05 Å². The topological polar surface area (TPSA) is 66.5 Å². The maximum absolute atomic E-state index is 12.8. The Morgan fingerprint density at radius 3 is 2.48 bits per heavy atom. The van der Waals surface area contributed by atoms with E-state index in [9.17, 15) is 18.4 Å². The normalized spacial score (nSPS) is 27.0. The predicted octanol–water partition coefficient (Wildman–Crippen LogP) is 3.11. The first-order valence-corrected chi connectivity index (χ1v) is 7.95. The van der Waals surface area contributed by atoms with Gasteiger partial charge in [0.25, 0.3) is 0 Å². The van der Waals surface area contributed by atoms with E-state index in [-0.39, 0.29) is 12.1 Å². The maximum Gasteiger partial charge on any atom is 0.416 e. The molecular formula is C17H18F3N5. The highest BCUT2D eigenvalue weighted by atomic mass is 19.4. The van der Waals surface area contributed by atoms with E-state index >= 15 is 0 Å². The molecule has 0 aliphatic carbocycles. The zero-order valence-corrected chi connectivity index (χ0v) is 13.9. The number of rotatable bonds is 2. The molecule has 0 saturated carbocycles.